The number of aromatic amines is 1. The van der Waals surface area contributed by atoms with Crippen molar-refractivity contribution in [2.45, 2.75) is 13.1 Å². The quantitative estimate of drug-likeness (QED) is 0.873. The van der Waals surface area contributed by atoms with Crippen LogP contribution in [-0.2, 0) is 13.1 Å². The Morgan fingerprint density at radius 3 is 2.67 bits per heavy atom. The molecule has 0 amide bonds. The molecule has 2 rings (SSSR count). The molecule has 0 unspecified atom stereocenters. The molecule has 1 aromatic heterocycles. The lowest BCUT2D eigenvalue weighted by Crippen LogP contribution is -2.13. The molecule has 0 aliphatic carbocycles. The molecule has 3 heteroatoms. The summed E-state index contributed by atoms with van der Waals surface area (Å²) in [6.07, 6.45) is 1.94. The van der Waals surface area contributed by atoms with Crippen LogP contribution in [0.15, 0.2) is 47.1 Å². The highest BCUT2D eigenvalue weighted by Crippen LogP contribution is 2.15. The standard InChI is InChI=1S/C12H13BrN2/c13-12-6-2-1-4-10(12)8-14-9-11-5-3-7-15-11/h1-7,14-15H,8-9H2. The van der Waals surface area contributed by atoms with Gasteiger partial charge < -0.3 is 10.3 Å². The SMILES string of the molecule is Brc1ccccc1CNCc1ccc[nH]1. The highest BCUT2D eigenvalue weighted by molar-refractivity contribution is 9.10. The van der Waals surface area contributed by atoms with E-state index in [2.05, 4.69) is 50.5 Å². The normalized spacial score (nSPS) is 10.5. The van der Waals surface area contributed by atoms with Crippen LogP contribution in [0, 0.1) is 0 Å². The highest BCUT2D eigenvalue weighted by Gasteiger charge is 1.97. The molecular formula is C12H13BrN2. The van der Waals surface area contributed by atoms with E-state index >= 15 is 0 Å². The zero-order chi connectivity index (χ0) is 10.5. The maximum absolute atomic E-state index is 3.53. The van der Waals surface area contributed by atoms with E-state index in [4.69, 9.17) is 0 Å². The van der Waals surface area contributed by atoms with Crippen LogP contribution in [0.25, 0.3) is 0 Å². The van der Waals surface area contributed by atoms with Crippen LogP contribution in [-0.4, -0.2) is 4.98 Å². The molecule has 0 fully saturated rings. The van der Waals surface area contributed by atoms with Crippen LogP contribution in [0.5, 0.6) is 0 Å². The Balaban J connectivity index is 1.86. The lowest BCUT2D eigenvalue weighted by atomic mass is 10.2. The van der Waals surface area contributed by atoms with Gasteiger partial charge >= 0.3 is 0 Å². The van der Waals surface area contributed by atoms with Crippen molar-refractivity contribution in [3.63, 3.8) is 0 Å². The van der Waals surface area contributed by atoms with Crippen molar-refractivity contribution in [3.05, 3.63) is 58.3 Å². The lowest BCUT2D eigenvalue weighted by molar-refractivity contribution is 0.681. The number of halogens is 1. The molecule has 0 bridgehead atoms. The van der Waals surface area contributed by atoms with Crippen LogP contribution in [0.3, 0.4) is 0 Å². The summed E-state index contributed by atoms with van der Waals surface area (Å²) in [6.45, 7) is 1.74. The lowest BCUT2D eigenvalue weighted by Gasteiger charge is -2.05. The summed E-state index contributed by atoms with van der Waals surface area (Å²) < 4.78 is 1.16. The van der Waals surface area contributed by atoms with Crippen molar-refractivity contribution in [1.82, 2.24) is 10.3 Å². The zero-order valence-electron chi connectivity index (χ0n) is 8.33. The van der Waals surface area contributed by atoms with Gasteiger partial charge in [-0.05, 0) is 23.8 Å². The fraction of sp³-hybridized carbons (Fsp3) is 0.167. The van der Waals surface area contributed by atoms with Gasteiger partial charge in [0.25, 0.3) is 0 Å². The van der Waals surface area contributed by atoms with E-state index in [1.54, 1.807) is 0 Å². The van der Waals surface area contributed by atoms with Gasteiger partial charge in [0.1, 0.15) is 0 Å². The maximum Gasteiger partial charge on any atom is 0.0360 e. The highest BCUT2D eigenvalue weighted by atomic mass is 79.9. The predicted molar refractivity (Wildman–Crippen MR) is 65.5 cm³/mol. The van der Waals surface area contributed by atoms with Crippen molar-refractivity contribution in [1.29, 1.82) is 0 Å². The first-order chi connectivity index (χ1) is 7.36. The number of benzene rings is 1. The van der Waals surface area contributed by atoms with Gasteiger partial charge in [0.2, 0.25) is 0 Å². The molecule has 0 radical (unpaired) electrons. The van der Waals surface area contributed by atoms with Crippen LogP contribution in [0.2, 0.25) is 0 Å². The van der Waals surface area contributed by atoms with Gasteiger partial charge in [-0.3, -0.25) is 0 Å². The Morgan fingerprint density at radius 1 is 1.07 bits per heavy atom. The minimum absolute atomic E-state index is 0.869. The van der Waals surface area contributed by atoms with Crippen molar-refractivity contribution in [2.24, 2.45) is 0 Å². The van der Waals surface area contributed by atoms with Gasteiger partial charge in [-0.1, -0.05) is 34.1 Å². The molecule has 2 nitrogen and oxygen atoms in total. The van der Waals surface area contributed by atoms with Crippen molar-refractivity contribution >= 4 is 15.9 Å². The third kappa shape index (κ3) is 2.94. The Bertz CT molecular complexity index is 409. The molecule has 1 aromatic carbocycles. The molecule has 0 aliphatic heterocycles. The minimum atomic E-state index is 0.869. The number of nitrogens with one attached hydrogen (secondary N) is 2. The fourth-order valence-corrected chi connectivity index (χ4v) is 1.88. The molecule has 2 N–H and O–H groups in total. The van der Waals surface area contributed by atoms with E-state index < -0.39 is 0 Å². The second kappa shape index (κ2) is 5.14. The van der Waals surface area contributed by atoms with E-state index in [1.165, 1.54) is 11.3 Å². The second-order valence-electron chi connectivity index (χ2n) is 3.39. The minimum Gasteiger partial charge on any atom is -0.364 e. The summed E-state index contributed by atoms with van der Waals surface area (Å²) in [5.41, 5.74) is 2.49. The van der Waals surface area contributed by atoms with E-state index in [-0.39, 0.29) is 0 Å². The van der Waals surface area contributed by atoms with Gasteiger partial charge in [-0.2, -0.15) is 0 Å². The Labute approximate surface area is 97.8 Å². The Kier molecular flexibility index (Phi) is 3.59. The number of rotatable bonds is 4. The van der Waals surface area contributed by atoms with Gasteiger partial charge in [0.05, 0.1) is 0 Å². The summed E-state index contributed by atoms with van der Waals surface area (Å²) in [5, 5.41) is 3.38. The molecule has 0 atom stereocenters. The topological polar surface area (TPSA) is 27.8 Å². The molecule has 0 saturated carbocycles. The van der Waals surface area contributed by atoms with Gasteiger partial charge in [0, 0.05) is 29.5 Å². The van der Waals surface area contributed by atoms with E-state index in [0.29, 0.717) is 0 Å². The fourth-order valence-electron chi connectivity index (χ4n) is 1.45. The molecule has 0 spiro atoms. The van der Waals surface area contributed by atoms with Gasteiger partial charge in [-0.25, -0.2) is 0 Å². The number of H-pyrrole nitrogens is 1. The number of hydrogen-bond acceptors (Lipinski definition) is 1. The number of aromatic nitrogens is 1. The van der Waals surface area contributed by atoms with E-state index in [1.807, 2.05) is 18.3 Å². The van der Waals surface area contributed by atoms with E-state index in [9.17, 15) is 0 Å². The molecule has 78 valence electrons. The van der Waals surface area contributed by atoms with Crippen molar-refractivity contribution in [2.75, 3.05) is 0 Å². The summed E-state index contributed by atoms with van der Waals surface area (Å²) in [5.74, 6) is 0. The number of hydrogen-bond donors (Lipinski definition) is 2. The first-order valence-electron chi connectivity index (χ1n) is 4.92. The molecular weight excluding hydrogens is 252 g/mol. The van der Waals surface area contributed by atoms with Gasteiger partial charge in [0.15, 0.2) is 0 Å². The Morgan fingerprint density at radius 2 is 1.93 bits per heavy atom. The van der Waals surface area contributed by atoms with Gasteiger partial charge in [-0.15, -0.1) is 0 Å². The second-order valence-corrected chi connectivity index (χ2v) is 4.24. The first-order valence-corrected chi connectivity index (χ1v) is 5.72. The van der Waals surface area contributed by atoms with Crippen LogP contribution < -0.4 is 5.32 Å². The monoisotopic (exact) mass is 264 g/mol. The molecule has 2 aromatic rings. The zero-order valence-corrected chi connectivity index (χ0v) is 9.92. The Hall–Kier alpha value is -1.06. The first kappa shape index (κ1) is 10.5. The third-order valence-corrected chi connectivity index (χ3v) is 3.02. The van der Waals surface area contributed by atoms with E-state index in [0.717, 1.165) is 17.6 Å². The average Bonchev–Trinajstić information content (AvgIpc) is 2.74. The summed E-state index contributed by atoms with van der Waals surface area (Å²) in [6, 6.07) is 12.3. The van der Waals surface area contributed by atoms with Crippen LogP contribution in [0.4, 0.5) is 0 Å². The van der Waals surface area contributed by atoms with Crippen molar-refractivity contribution in [3.8, 4) is 0 Å². The predicted octanol–water partition coefficient (Wildman–Crippen LogP) is 3.07. The molecule has 0 saturated heterocycles. The summed E-state index contributed by atoms with van der Waals surface area (Å²) in [4.78, 5) is 3.16. The van der Waals surface area contributed by atoms with Crippen molar-refractivity contribution < 1.29 is 0 Å². The molecule has 15 heavy (non-hydrogen) atoms. The van der Waals surface area contributed by atoms with Crippen LogP contribution in [0.1, 0.15) is 11.3 Å². The third-order valence-electron chi connectivity index (χ3n) is 2.25. The van der Waals surface area contributed by atoms with Crippen LogP contribution >= 0.6 is 15.9 Å². The largest absolute Gasteiger partial charge is 0.364 e. The molecule has 1 heterocycles. The smallest absolute Gasteiger partial charge is 0.0360 e. The average molecular weight is 265 g/mol. The maximum atomic E-state index is 3.53. The summed E-state index contributed by atoms with van der Waals surface area (Å²) >= 11 is 3.53. The molecule has 0 aliphatic rings. The summed E-state index contributed by atoms with van der Waals surface area (Å²) in [7, 11) is 0.